The van der Waals surface area contributed by atoms with Crippen LogP contribution in [0.2, 0.25) is 0 Å². The van der Waals surface area contributed by atoms with Gasteiger partial charge in [-0.05, 0) is 30.7 Å². The molecule has 1 aliphatic heterocycles. The SMILES string of the molecule is CCCOc1ccc(/C=C2\CN(CC)CCC2=O)cc1[N+](=O)[O-]. The van der Waals surface area contributed by atoms with E-state index in [4.69, 9.17) is 4.74 Å². The second-order valence-corrected chi connectivity index (χ2v) is 5.54. The smallest absolute Gasteiger partial charge is 0.311 e. The highest BCUT2D eigenvalue weighted by Crippen LogP contribution is 2.29. The molecule has 6 nitrogen and oxygen atoms in total. The molecule has 0 aromatic heterocycles. The number of ketones is 1. The number of hydrogen-bond donors (Lipinski definition) is 0. The van der Waals surface area contributed by atoms with E-state index < -0.39 is 4.92 Å². The molecule has 0 amide bonds. The quantitative estimate of drug-likeness (QED) is 0.458. The summed E-state index contributed by atoms with van der Waals surface area (Å²) in [4.78, 5) is 25.0. The van der Waals surface area contributed by atoms with Crippen molar-refractivity contribution in [3.05, 3.63) is 39.4 Å². The lowest BCUT2D eigenvalue weighted by atomic mass is 10.00. The van der Waals surface area contributed by atoms with Gasteiger partial charge >= 0.3 is 5.69 Å². The van der Waals surface area contributed by atoms with Crippen LogP contribution in [0.5, 0.6) is 5.75 Å². The van der Waals surface area contributed by atoms with Gasteiger partial charge in [0.25, 0.3) is 0 Å². The molecule has 0 unspecified atom stereocenters. The number of carbonyl (C=O) groups excluding carboxylic acids is 1. The Labute approximate surface area is 135 Å². The zero-order chi connectivity index (χ0) is 16.8. The van der Waals surface area contributed by atoms with E-state index in [9.17, 15) is 14.9 Å². The van der Waals surface area contributed by atoms with Gasteiger partial charge in [-0.2, -0.15) is 0 Å². The van der Waals surface area contributed by atoms with Gasteiger partial charge in [0.15, 0.2) is 11.5 Å². The van der Waals surface area contributed by atoms with E-state index >= 15 is 0 Å². The van der Waals surface area contributed by atoms with Crippen molar-refractivity contribution in [3.8, 4) is 5.75 Å². The van der Waals surface area contributed by atoms with Gasteiger partial charge in [-0.1, -0.05) is 19.9 Å². The van der Waals surface area contributed by atoms with Crippen molar-refractivity contribution in [2.75, 3.05) is 26.2 Å². The van der Waals surface area contributed by atoms with Crippen molar-refractivity contribution >= 4 is 17.5 Å². The van der Waals surface area contributed by atoms with Crippen molar-refractivity contribution in [1.29, 1.82) is 0 Å². The molecule has 0 saturated carbocycles. The van der Waals surface area contributed by atoms with Gasteiger partial charge in [-0.15, -0.1) is 0 Å². The Balaban J connectivity index is 2.28. The number of nitrogens with zero attached hydrogens (tertiary/aromatic N) is 2. The largest absolute Gasteiger partial charge is 0.487 e. The van der Waals surface area contributed by atoms with Gasteiger partial charge < -0.3 is 4.74 Å². The topological polar surface area (TPSA) is 72.7 Å². The summed E-state index contributed by atoms with van der Waals surface area (Å²) >= 11 is 0. The number of Topliss-reactive ketones (excluding diaryl/α,β-unsaturated/α-hetero) is 1. The van der Waals surface area contributed by atoms with Crippen LogP contribution in [0.25, 0.3) is 6.08 Å². The monoisotopic (exact) mass is 318 g/mol. The standard InChI is InChI=1S/C17H22N2O4/c1-3-9-23-17-6-5-13(11-15(17)19(21)22)10-14-12-18(4-2)8-7-16(14)20/h5-6,10-11H,3-4,7-9,12H2,1-2H3/b14-10+. The molecule has 0 radical (unpaired) electrons. The van der Waals surface area contributed by atoms with Crippen LogP contribution < -0.4 is 4.74 Å². The van der Waals surface area contributed by atoms with Crippen LogP contribution in [0, 0.1) is 10.1 Å². The fraction of sp³-hybridized carbons (Fsp3) is 0.471. The summed E-state index contributed by atoms with van der Waals surface area (Å²) in [5.74, 6) is 0.382. The molecular formula is C17H22N2O4. The average molecular weight is 318 g/mol. The van der Waals surface area contributed by atoms with Crippen LogP contribution in [-0.2, 0) is 4.79 Å². The third-order valence-corrected chi connectivity index (χ3v) is 3.84. The van der Waals surface area contributed by atoms with Gasteiger partial charge in [0.2, 0.25) is 0 Å². The summed E-state index contributed by atoms with van der Waals surface area (Å²) in [7, 11) is 0. The van der Waals surface area contributed by atoms with E-state index in [1.165, 1.54) is 6.07 Å². The van der Waals surface area contributed by atoms with Gasteiger partial charge in [0.1, 0.15) is 0 Å². The van der Waals surface area contributed by atoms with E-state index in [1.54, 1.807) is 18.2 Å². The number of carbonyl (C=O) groups is 1. The fourth-order valence-corrected chi connectivity index (χ4v) is 2.53. The second-order valence-electron chi connectivity index (χ2n) is 5.54. The lowest BCUT2D eigenvalue weighted by Crippen LogP contribution is -2.35. The predicted molar refractivity (Wildman–Crippen MR) is 88.6 cm³/mol. The highest BCUT2D eigenvalue weighted by molar-refractivity contribution is 6.00. The third kappa shape index (κ3) is 4.39. The lowest BCUT2D eigenvalue weighted by molar-refractivity contribution is -0.385. The van der Waals surface area contributed by atoms with E-state index in [0.717, 1.165) is 19.5 Å². The summed E-state index contributed by atoms with van der Waals surface area (Å²) in [6.07, 6.45) is 3.03. The predicted octanol–water partition coefficient (Wildman–Crippen LogP) is 3.06. The minimum Gasteiger partial charge on any atom is -0.487 e. The Hall–Kier alpha value is -2.21. The highest BCUT2D eigenvalue weighted by atomic mass is 16.6. The Kier molecular flexibility index (Phi) is 5.87. The number of piperidine rings is 1. The Morgan fingerprint density at radius 3 is 2.83 bits per heavy atom. The number of likely N-dealkylation sites (tertiary alicyclic amines) is 1. The van der Waals surface area contributed by atoms with Crippen LogP contribution >= 0.6 is 0 Å². The first-order chi connectivity index (χ1) is 11.0. The van der Waals surface area contributed by atoms with Crippen LogP contribution in [-0.4, -0.2) is 41.8 Å². The summed E-state index contributed by atoms with van der Waals surface area (Å²) in [6.45, 7) is 6.69. The number of hydrogen-bond acceptors (Lipinski definition) is 5. The summed E-state index contributed by atoms with van der Waals surface area (Å²) in [5.41, 5.74) is 1.29. The Morgan fingerprint density at radius 1 is 1.39 bits per heavy atom. The van der Waals surface area contributed by atoms with Crippen molar-refractivity contribution in [2.45, 2.75) is 26.7 Å². The number of benzene rings is 1. The molecule has 1 saturated heterocycles. The zero-order valence-electron chi connectivity index (χ0n) is 13.6. The van der Waals surface area contributed by atoms with Crippen molar-refractivity contribution < 1.29 is 14.5 Å². The summed E-state index contributed by atoms with van der Waals surface area (Å²) < 4.78 is 5.41. The minimum atomic E-state index is -0.450. The number of nitro benzene ring substituents is 1. The lowest BCUT2D eigenvalue weighted by Gasteiger charge is -2.26. The molecule has 1 aromatic rings. The van der Waals surface area contributed by atoms with E-state index in [1.807, 2.05) is 6.92 Å². The molecule has 0 spiro atoms. The summed E-state index contributed by atoms with van der Waals surface area (Å²) in [5, 5.41) is 11.2. The van der Waals surface area contributed by atoms with Crippen LogP contribution in [0.3, 0.4) is 0 Å². The molecular weight excluding hydrogens is 296 g/mol. The first kappa shape index (κ1) is 17.1. The molecule has 0 atom stereocenters. The van der Waals surface area contributed by atoms with E-state index in [2.05, 4.69) is 11.8 Å². The molecule has 0 N–H and O–H groups in total. The molecule has 1 aromatic carbocycles. The van der Waals surface area contributed by atoms with E-state index in [0.29, 0.717) is 30.7 Å². The van der Waals surface area contributed by atoms with E-state index in [-0.39, 0.29) is 17.2 Å². The van der Waals surface area contributed by atoms with Crippen LogP contribution in [0.15, 0.2) is 23.8 Å². The van der Waals surface area contributed by atoms with Crippen molar-refractivity contribution in [2.24, 2.45) is 0 Å². The van der Waals surface area contributed by atoms with Gasteiger partial charge in [0.05, 0.1) is 11.5 Å². The molecule has 6 heteroatoms. The Bertz CT molecular complexity index is 625. The fourth-order valence-electron chi connectivity index (χ4n) is 2.53. The Morgan fingerprint density at radius 2 is 2.17 bits per heavy atom. The molecule has 2 rings (SSSR count). The number of likely N-dealkylation sites (N-methyl/N-ethyl adjacent to an activating group) is 1. The maximum absolute atomic E-state index is 12.0. The minimum absolute atomic E-state index is 0.0663. The molecule has 0 aliphatic carbocycles. The molecule has 0 bridgehead atoms. The number of rotatable bonds is 6. The maximum Gasteiger partial charge on any atom is 0.311 e. The number of ether oxygens (including phenoxy) is 1. The molecule has 23 heavy (non-hydrogen) atoms. The van der Waals surface area contributed by atoms with Gasteiger partial charge in [0, 0.05) is 31.1 Å². The molecule has 1 fully saturated rings. The molecule has 124 valence electrons. The maximum atomic E-state index is 12.0. The van der Waals surface area contributed by atoms with Crippen molar-refractivity contribution in [1.82, 2.24) is 4.90 Å². The molecule has 1 heterocycles. The van der Waals surface area contributed by atoms with Crippen LogP contribution in [0.1, 0.15) is 32.3 Å². The van der Waals surface area contributed by atoms with Crippen molar-refractivity contribution in [3.63, 3.8) is 0 Å². The normalized spacial score (nSPS) is 17.5. The zero-order valence-corrected chi connectivity index (χ0v) is 13.6. The first-order valence-electron chi connectivity index (χ1n) is 7.92. The van der Waals surface area contributed by atoms with Gasteiger partial charge in [-0.25, -0.2) is 0 Å². The van der Waals surface area contributed by atoms with Gasteiger partial charge in [-0.3, -0.25) is 19.8 Å². The third-order valence-electron chi connectivity index (χ3n) is 3.84. The highest BCUT2D eigenvalue weighted by Gasteiger charge is 2.21. The number of nitro groups is 1. The summed E-state index contributed by atoms with van der Waals surface area (Å²) in [6, 6.07) is 4.82. The average Bonchev–Trinajstić information content (AvgIpc) is 2.55. The first-order valence-corrected chi connectivity index (χ1v) is 7.92. The van der Waals surface area contributed by atoms with Crippen LogP contribution in [0.4, 0.5) is 5.69 Å². The molecule has 1 aliphatic rings. The second kappa shape index (κ2) is 7.87.